The highest BCUT2D eigenvalue weighted by Gasteiger charge is 2.16. The molecule has 0 saturated heterocycles. The summed E-state index contributed by atoms with van der Waals surface area (Å²) in [5, 5.41) is 0. The Bertz CT molecular complexity index is 972. The molecule has 2 aromatic carbocycles. The maximum Gasteiger partial charge on any atom is 0.212 e. The van der Waals surface area contributed by atoms with Gasteiger partial charge in [0.25, 0.3) is 0 Å². The van der Waals surface area contributed by atoms with Crippen molar-refractivity contribution in [3.63, 3.8) is 0 Å². The molecule has 3 rings (SSSR count). The van der Waals surface area contributed by atoms with Gasteiger partial charge in [-0.15, -0.1) is 0 Å². The zero-order valence-electron chi connectivity index (χ0n) is 17.1. The third-order valence-electron chi connectivity index (χ3n) is 4.46. The van der Waals surface area contributed by atoms with E-state index >= 15 is 0 Å². The van der Waals surface area contributed by atoms with Crippen molar-refractivity contribution in [3.05, 3.63) is 77.0 Å². The maximum atomic E-state index is 7.94. The Labute approximate surface area is 143 Å². The van der Waals surface area contributed by atoms with Crippen LogP contribution in [0.25, 0.3) is 22.4 Å². The van der Waals surface area contributed by atoms with Gasteiger partial charge in [-0.2, -0.15) is 0 Å². The Kier molecular flexibility index (Phi) is 3.15. The minimum Gasteiger partial charge on any atom is -0.201 e. The van der Waals surface area contributed by atoms with Crippen LogP contribution in [0, 0.1) is 27.6 Å². The summed E-state index contributed by atoms with van der Waals surface area (Å²) in [4.78, 5) is 0. The molecule has 1 heterocycles. The van der Waals surface area contributed by atoms with Crippen LogP contribution in [0.5, 0.6) is 0 Å². The van der Waals surface area contributed by atoms with Gasteiger partial charge in [-0.3, -0.25) is 0 Å². The Morgan fingerprint density at radius 3 is 2.35 bits per heavy atom. The SMILES string of the molecule is [2H]C([2H])([2H])c1cccc(C)c1-c1cccc(-c2cc(C)cc[n+]2C)c1C. The van der Waals surface area contributed by atoms with E-state index in [1.807, 2.05) is 38.2 Å². The fraction of sp³-hybridized carbons (Fsp3) is 0.227. The zero-order chi connectivity index (χ0) is 19.1. The van der Waals surface area contributed by atoms with Gasteiger partial charge in [-0.05, 0) is 67.1 Å². The summed E-state index contributed by atoms with van der Waals surface area (Å²) in [6, 6.07) is 15.9. The Balaban J connectivity index is 2.29. The normalized spacial score (nSPS) is 13.3. The van der Waals surface area contributed by atoms with Crippen LogP contribution in [-0.4, -0.2) is 0 Å². The van der Waals surface area contributed by atoms with Gasteiger partial charge < -0.3 is 0 Å². The number of rotatable bonds is 2. The van der Waals surface area contributed by atoms with E-state index in [4.69, 9.17) is 4.11 Å². The predicted octanol–water partition coefficient (Wildman–Crippen LogP) is 5.08. The van der Waals surface area contributed by atoms with E-state index < -0.39 is 6.85 Å². The van der Waals surface area contributed by atoms with Crippen molar-refractivity contribution in [1.82, 2.24) is 0 Å². The van der Waals surface area contributed by atoms with Crippen molar-refractivity contribution in [1.29, 1.82) is 0 Å². The van der Waals surface area contributed by atoms with Crippen molar-refractivity contribution in [2.75, 3.05) is 0 Å². The van der Waals surface area contributed by atoms with Gasteiger partial charge in [0, 0.05) is 21.8 Å². The molecule has 0 aliphatic rings. The summed E-state index contributed by atoms with van der Waals surface area (Å²) < 4.78 is 25.9. The number of aromatic nitrogens is 1. The number of benzene rings is 2. The van der Waals surface area contributed by atoms with Crippen LogP contribution in [0.2, 0.25) is 0 Å². The summed E-state index contributed by atoms with van der Waals surface area (Å²) in [5.41, 5.74) is 7.71. The molecule has 1 aromatic heterocycles. The van der Waals surface area contributed by atoms with E-state index in [1.165, 1.54) is 5.56 Å². The molecule has 0 amide bonds. The van der Waals surface area contributed by atoms with Gasteiger partial charge in [0.1, 0.15) is 7.05 Å². The Hall–Kier alpha value is -2.41. The molecule has 0 radical (unpaired) electrons. The van der Waals surface area contributed by atoms with E-state index in [-0.39, 0.29) is 0 Å². The van der Waals surface area contributed by atoms with E-state index in [0.29, 0.717) is 5.56 Å². The van der Waals surface area contributed by atoms with Gasteiger partial charge in [0.2, 0.25) is 5.69 Å². The van der Waals surface area contributed by atoms with Crippen LogP contribution in [0.15, 0.2) is 54.7 Å². The molecule has 1 heteroatoms. The summed E-state index contributed by atoms with van der Waals surface area (Å²) in [5.74, 6) is 0. The van der Waals surface area contributed by atoms with Crippen LogP contribution >= 0.6 is 0 Å². The molecule has 0 aliphatic carbocycles. The smallest absolute Gasteiger partial charge is 0.201 e. The molecule has 0 aliphatic heterocycles. The fourth-order valence-corrected chi connectivity index (χ4v) is 3.15. The highest BCUT2D eigenvalue weighted by molar-refractivity contribution is 5.79. The van der Waals surface area contributed by atoms with Gasteiger partial charge >= 0.3 is 0 Å². The number of nitrogens with zero attached hydrogens (tertiary/aromatic N) is 1. The van der Waals surface area contributed by atoms with E-state index in [9.17, 15) is 0 Å². The number of pyridine rings is 1. The molecular weight excluding hydrogens is 278 g/mol. The van der Waals surface area contributed by atoms with Gasteiger partial charge in [0.15, 0.2) is 6.20 Å². The predicted molar refractivity (Wildman–Crippen MR) is 97.4 cm³/mol. The second-order valence-electron chi connectivity index (χ2n) is 6.18. The van der Waals surface area contributed by atoms with Crippen molar-refractivity contribution in [2.45, 2.75) is 27.6 Å². The van der Waals surface area contributed by atoms with Gasteiger partial charge in [0.05, 0.1) is 0 Å². The van der Waals surface area contributed by atoms with Crippen LogP contribution in [0.1, 0.15) is 26.4 Å². The molecule has 0 unspecified atom stereocenters. The summed E-state index contributed by atoms with van der Waals surface area (Å²) in [6.07, 6.45) is 2.05. The van der Waals surface area contributed by atoms with Crippen molar-refractivity contribution < 1.29 is 8.68 Å². The molecular formula is C22H24N+. The Morgan fingerprint density at radius 1 is 0.870 bits per heavy atom. The van der Waals surface area contributed by atoms with E-state index in [0.717, 1.165) is 33.5 Å². The molecule has 1 nitrogen and oxygen atoms in total. The lowest BCUT2D eigenvalue weighted by Crippen LogP contribution is -2.30. The summed E-state index contributed by atoms with van der Waals surface area (Å²) in [7, 11) is 2.03. The number of hydrogen-bond donors (Lipinski definition) is 0. The van der Waals surface area contributed by atoms with Gasteiger partial charge in [-0.25, -0.2) is 4.57 Å². The standard InChI is InChI=1S/C22H24N/c1-15-12-13-23(5)21(14-15)19-10-7-11-20(18(19)4)22-16(2)8-6-9-17(22)3/h6-14H,1-5H3/q+1/i2D3. The molecule has 3 aromatic rings. The third-order valence-corrected chi connectivity index (χ3v) is 4.46. The zero-order valence-corrected chi connectivity index (χ0v) is 14.1. The van der Waals surface area contributed by atoms with E-state index in [2.05, 4.69) is 42.8 Å². The molecule has 0 atom stereocenters. The van der Waals surface area contributed by atoms with Crippen molar-refractivity contribution in [2.24, 2.45) is 7.05 Å². The molecule has 23 heavy (non-hydrogen) atoms. The van der Waals surface area contributed by atoms with Gasteiger partial charge in [-0.1, -0.05) is 30.3 Å². The molecule has 116 valence electrons. The van der Waals surface area contributed by atoms with Crippen molar-refractivity contribution >= 4 is 0 Å². The monoisotopic (exact) mass is 305 g/mol. The number of hydrogen-bond acceptors (Lipinski definition) is 0. The first-order valence-corrected chi connectivity index (χ1v) is 7.87. The lowest BCUT2D eigenvalue weighted by Gasteiger charge is -2.15. The van der Waals surface area contributed by atoms with Crippen LogP contribution in [-0.2, 0) is 7.05 Å². The summed E-state index contributed by atoms with van der Waals surface area (Å²) >= 11 is 0. The molecule has 0 fully saturated rings. The Morgan fingerprint density at radius 2 is 1.57 bits per heavy atom. The highest BCUT2D eigenvalue weighted by Crippen LogP contribution is 2.34. The lowest BCUT2D eigenvalue weighted by molar-refractivity contribution is -0.660. The topological polar surface area (TPSA) is 3.88 Å². The lowest BCUT2D eigenvalue weighted by atomic mass is 9.89. The number of aryl methyl sites for hydroxylation is 4. The minimum absolute atomic E-state index is 0.409. The molecule has 0 bridgehead atoms. The quantitative estimate of drug-likeness (QED) is 0.581. The first-order chi connectivity index (χ1) is 12.2. The van der Waals surface area contributed by atoms with Crippen LogP contribution in [0.3, 0.4) is 0 Å². The van der Waals surface area contributed by atoms with Crippen LogP contribution < -0.4 is 4.57 Å². The molecule has 0 spiro atoms. The average molecular weight is 305 g/mol. The second-order valence-corrected chi connectivity index (χ2v) is 6.18. The second kappa shape index (κ2) is 6.00. The first-order valence-electron chi connectivity index (χ1n) is 9.37. The van der Waals surface area contributed by atoms with E-state index in [1.54, 1.807) is 6.07 Å². The van der Waals surface area contributed by atoms with Crippen LogP contribution in [0.4, 0.5) is 0 Å². The largest absolute Gasteiger partial charge is 0.212 e. The highest BCUT2D eigenvalue weighted by atomic mass is 14.9. The molecule has 0 N–H and O–H groups in total. The average Bonchev–Trinajstić information content (AvgIpc) is 2.57. The maximum absolute atomic E-state index is 7.94. The van der Waals surface area contributed by atoms with Crippen molar-refractivity contribution in [3.8, 4) is 22.4 Å². The minimum atomic E-state index is -2.14. The third kappa shape index (κ3) is 2.79. The fourth-order valence-electron chi connectivity index (χ4n) is 3.15. The summed E-state index contributed by atoms with van der Waals surface area (Å²) in [6.45, 7) is 3.99. The first kappa shape index (κ1) is 12.1. The molecule has 0 saturated carbocycles.